The lowest BCUT2D eigenvalue weighted by Crippen LogP contribution is -2.43. The highest BCUT2D eigenvalue weighted by molar-refractivity contribution is 6.01. The Bertz CT molecular complexity index is 687. The van der Waals surface area contributed by atoms with Crippen LogP contribution in [-0.4, -0.2) is 59.8 Å². The van der Waals surface area contributed by atoms with Crippen LogP contribution in [0.2, 0.25) is 0 Å². The van der Waals surface area contributed by atoms with Crippen LogP contribution in [0.5, 0.6) is 5.75 Å². The van der Waals surface area contributed by atoms with Crippen LogP contribution in [0.25, 0.3) is 0 Å². The first-order valence-corrected chi connectivity index (χ1v) is 9.77. The minimum absolute atomic E-state index is 0.0291. The molecule has 1 fully saturated rings. The normalized spacial score (nSPS) is 15.4. The fraction of sp³-hybridized carbons (Fsp3) is 0.550. The van der Waals surface area contributed by atoms with Crippen molar-refractivity contribution in [3.05, 3.63) is 29.8 Å². The first-order chi connectivity index (χ1) is 13.9. The molecule has 0 aromatic heterocycles. The van der Waals surface area contributed by atoms with Crippen LogP contribution < -0.4 is 10.2 Å². The van der Waals surface area contributed by atoms with Crippen molar-refractivity contribution in [2.75, 3.05) is 19.7 Å². The number of piperidine rings is 1. The number of rotatable bonds is 10. The molecule has 1 aliphatic heterocycles. The Morgan fingerprint density at radius 1 is 1.21 bits per heavy atom. The summed E-state index contributed by atoms with van der Waals surface area (Å²) in [5, 5.41) is 13.7. The lowest BCUT2D eigenvalue weighted by Gasteiger charge is -2.25. The third-order valence-corrected chi connectivity index (χ3v) is 4.55. The Morgan fingerprint density at radius 3 is 2.48 bits per heavy atom. The standard InChI is InChI=1S/C20H28N2O7/c1-3-4-19(24)29-28-17-7-5-15(6-8-17)20(25)14(2)22(26)18(23)13-27-16-9-11-21-12-10-16/h5-8,14,16,21,26H,3-4,9-13H2,1-2H3. The summed E-state index contributed by atoms with van der Waals surface area (Å²) in [4.78, 5) is 45.5. The Labute approximate surface area is 169 Å². The van der Waals surface area contributed by atoms with Crippen molar-refractivity contribution in [2.45, 2.75) is 51.7 Å². The number of benzene rings is 1. The molecule has 1 unspecified atom stereocenters. The maximum Gasteiger partial charge on any atom is 0.355 e. The van der Waals surface area contributed by atoms with Gasteiger partial charge in [-0.3, -0.25) is 24.6 Å². The molecule has 0 bridgehead atoms. The van der Waals surface area contributed by atoms with Gasteiger partial charge < -0.3 is 10.1 Å². The van der Waals surface area contributed by atoms with E-state index >= 15 is 0 Å². The van der Waals surface area contributed by atoms with E-state index in [9.17, 15) is 19.6 Å². The maximum absolute atomic E-state index is 12.5. The molecule has 2 rings (SSSR count). The molecule has 2 N–H and O–H groups in total. The summed E-state index contributed by atoms with van der Waals surface area (Å²) in [5.41, 5.74) is 0.274. The van der Waals surface area contributed by atoms with Crippen LogP contribution in [0.3, 0.4) is 0 Å². The molecule has 1 aromatic rings. The van der Waals surface area contributed by atoms with E-state index in [0.717, 1.165) is 25.9 Å². The molecule has 1 amide bonds. The van der Waals surface area contributed by atoms with E-state index in [-0.39, 0.29) is 30.4 Å². The van der Waals surface area contributed by atoms with Gasteiger partial charge in [0.1, 0.15) is 12.6 Å². The van der Waals surface area contributed by atoms with E-state index in [1.54, 1.807) is 0 Å². The van der Waals surface area contributed by atoms with Crippen molar-refractivity contribution >= 4 is 17.7 Å². The zero-order valence-electron chi connectivity index (χ0n) is 16.8. The highest BCUT2D eigenvalue weighted by atomic mass is 17.2. The van der Waals surface area contributed by atoms with Crippen LogP contribution in [0.1, 0.15) is 49.9 Å². The molecule has 0 radical (unpaired) electrons. The summed E-state index contributed by atoms with van der Waals surface area (Å²) in [5.74, 6) is -1.35. The number of ketones is 1. The number of hydrogen-bond donors (Lipinski definition) is 2. The number of nitrogens with one attached hydrogen (secondary N) is 1. The highest BCUT2D eigenvalue weighted by Gasteiger charge is 2.26. The lowest BCUT2D eigenvalue weighted by molar-refractivity contribution is -0.213. The second kappa shape index (κ2) is 11.5. The van der Waals surface area contributed by atoms with Gasteiger partial charge in [-0.1, -0.05) is 6.92 Å². The first-order valence-electron chi connectivity index (χ1n) is 9.77. The number of amides is 1. The second-order valence-electron chi connectivity index (χ2n) is 6.85. The third kappa shape index (κ3) is 7.12. The number of ether oxygens (including phenoxy) is 1. The average molecular weight is 408 g/mol. The SMILES string of the molecule is CCCC(=O)OOc1ccc(C(=O)C(C)N(O)C(=O)COC2CCNCC2)cc1. The van der Waals surface area contributed by atoms with Crippen LogP contribution >= 0.6 is 0 Å². The van der Waals surface area contributed by atoms with Gasteiger partial charge in [-0.25, -0.2) is 9.86 Å². The van der Waals surface area contributed by atoms with E-state index in [2.05, 4.69) is 10.2 Å². The van der Waals surface area contributed by atoms with E-state index in [4.69, 9.17) is 9.62 Å². The molecule has 9 heteroatoms. The topological polar surface area (TPSA) is 114 Å². The van der Waals surface area contributed by atoms with Crippen molar-refractivity contribution in [2.24, 2.45) is 0 Å². The van der Waals surface area contributed by atoms with E-state index < -0.39 is 23.7 Å². The zero-order chi connectivity index (χ0) is 21.2. The van der Waals surface area contributed by atoms with E-state index in [1.165, 1.54) is 31.2 Å². The summed E-state index contributed by atoms with van der Waals surface area (Å²) in [6, 6.07) is 4.77. The molecule has 1 saturated heterocycles. The number of nitrogens with zero attached hydrogens (tertiary/aromatic N) is 1. The minimum Gasteiger partial charge on any atom is -0.368 e. The molecular formula is C20H28N2O7. The van der Waals surface area contributed by atoms with Crippen molar-refractivity contribution < 1.29 is 34.1 Å². The van der Waals surface area contributed by atoms with Gasteiger partial charge in [0, 0.05) is 12.0 Å². The Morgan fingerprint density at radius 2 is 1.86 bits per heavy atom. The fourth-order valence-corrected chi connectivity index (χ4v) is 2.80. The van der Waals surface area contributed by atoms with Crippen LogP contribution in [0.4, 0.5) is 0 Å². The Balaban J connectivity index is 1.84. The van der Waals surface area contributed by atoms with E-state index in [0.29, 0.717) is 11.5 Å². The maximum atomic E-state index is 12.5. The monoisotopic (exact) mass is 408 g/mol. The fourth-order valence-electron chi connectivity index (χ4n) is 2.80. The molecule has 29 heavy (non-hydrogen) atoms. The van der Waals surface area contributed by atoms with Gasteiger partial charge in [0.2, 0.25) is 0 Å². The summed E-state index contributed by atoms with van der Waals surface area (Å²) in [7, 11) is 0. The molecule has 1 atom stereocenters. The summed E-state index contributed by atoms with van der Waals surface area (Å²) >= 11 is 0. The number of carbonyl (C=O) groups is 3. The number of carbonyl (C=O) groups excluding carboxylic acids is 3. The van der Waals surface area contributed by atoms with Crippen molar-refractivity contribution in [1.29, 1.82) is 0 Å². The zero-order valence-corrected chi connectivity index (χ0v) is 16.8. The van der Waals surface area contributed by atoms with Gasteiger partial charge in [0.05, 0.1) is 6.10 Å². The molecular weight excluding hydrogens is 380 g/mol. The molecule has 0 aliphatic carbocycles. The molecule has 1 aliphatic rings. The highest BCUT2D eigenvalue weighted by Crippen LogP contribution is 2.16. The third-order valence-electron chi connectivity index (χ3n) is 4.55. The van der Waals surface area contributed by atoms with Crippen LogP contribution in [0.15, 0.2) is 24.3 Å². The van der Waals surface area contributed by atoms with Crippen molar-refractivity contribution in [1.82, 2.24) is 10.4 Å². The largest absolute Gasteiger partial charge is 0.368 e. The summed E-state index contributed by atoms with van der Waals surface area (Å²) in [6.45, 7) is 4.65. The van der Waals surface area contributed by atoms with Gasteiger partial charge >= 0.3 is 5.97 Å². The predicted octanol–water partition coefficient (Wildman–Crippen LogP) is 1.88. The first kappa shape index (κ1) is 22.8. The average Bonchev–Trinajstić information content (AvgIpc) is 2.75. The van der Waals surface area contributed by atoms with E-state index in [1.807, 2.05) is 6.92 Å². The van der Waals surface area contributed by atoms with Gasteiger partial charge in [-0.2, -0.15) is 0 Å². The van der Waals surface area contributed by atoms with Gasteiger partial charge in [-0.05, 0) is 63.5 Å². The van der Waals surface area contributed by atoms with Crippen molar-refractivity contribution in [3.63, 3.8) is 0 Å². The molecule has 1 aromatic carbocycles. The molecule has 0 spiro atoms. The summed E-state index contributed by atoms with van der Waals surface area (Å²) < 4.78 is 5.52. The number of hydroxylamine groups is 2. The molecule has 9 nitrogen and oxygen atoms in total. The van der Waals surface area contributed by atoms with Crippen molar-refractivity contribution in [3.8, 4) is 5.75 Å². The minimum atomic E-state index is -1.08. The predicted molar refractivity (Wildman–Crippen MR) is 102 cm³/mol. The molecule has 0 saturated carbocycles. The number of hydrogen-bond acceptors (Lipinski definition) is 8. The van der Waals surface area contributed by atoms with Gasteiger partial charge in [0.15, 0.2) is 11.5 Å². The van der Waals surface area contributed by atoms with Crippen LogP contribution in [-0.2, 0) is 19.2 Å². The van der Waals surface area contributed by atoms with Crippen LogP contribution in [0, 0.1) is 0 Å². The smallest absolute Gasteiger partial charge is 0.355 e. The Hall–Kier alpha value is -2.49. The molecule has 1 heterocycles. The number of Topliss-reactive ketones (excluding diaryl/α,β-unsaturated/α-hetero) is 1. The Kier molecular flexibility index (Phi) is 9.04. The van der Waals surface area contributed by atoms with Gasteiger partial charge in [0.25, 0.3) is 5.91 Å². The van der Waals surface area contributed by atoms with Gasteiger partial charge in [-0.15, -0.1) is 0 Å². The lowest BCUT2D eigenvalue weighted by atomic mass is 10.1. The summed E-state index contributed by atoms with van der Waals surface area (Å²) in [6.07, 6.45) is 2.46. The quantitative estimate of drug-likeness (QED) is 0.261. The second-order valence-corrected chi connectivity index (χ2v) is 6.85. The molecule has 160 valence electrons.